The Kier molecular flexibility index (Phi) is 10.4. The SMILES string of the molecule is CC/C=C/C(C)NCCNC(=O)CCCc1ccc(OC)c(OC)c1. The van der Waals surface area contributed by atoms with E-state index < -0.39 is 0 Å². The fourth-order valence-corrected chi connectivity index (χ4v) is 2.49. The van der Waals surface area contributed by atoms with Crippen LogP contribution in [0.4, 0.5) is 0 Å². The Balaban J connectivity index is 2.21. The Bertz CT molecular complexity index is 544. The van der Waals surface area contributed by atoms with Gasteiger partial charge < -0.3 is 20.1 Å². The third-order valence-corrected chi connectivity index (χ3v) is 3.89. The summed E-state index contributed by atoms with van der Waals surface area (Å²) in [5.74, 6) is 1.54. The van der Waals surface area contributed by atoms with Crippen LogP contribution in [0.1, 0.15) is 38.7 Å². The number of rotatable bonds is 12. The summed E-state index contributed by atoms with van der Waals surface area (Å²) in [6, 6.07) is 6.20. The second-order valence-corrected chi connectivity index (χ2v) is 5.97. The van der Waals surface area contributed by atoms with Crippen LogP contribution in [0.2, 0.25) is 0 Å². The van der Waals surface area contributed by atoms with Crippen molar-refractivity contribution in [1.82, 2.24) is 10.6 Å². The number of hydrogen-bond acceptors (Lipinski definition) is 4. The van der Waals surface area contributed by atoms with Gasteiger partial charge in [-0.05, 0) is 43.9 Å². The molecule has 0 aliphatic carbocycles. The van der Waals surface area contributed by atoms with Crippen molar-refractivity contribution in [3.63, 3.8) is 0 Å². The number of hydrogen-bond donors (Lipinski definition) is 2. The smallest absolute Gasteiger partial charge is 0.220 e. The lowest BCUT2D eigenvalue weighted by atomic mass is 10.1. The van der Waals surface area contributed by atoms with Gasteiger partial charge in [0.2, 0.25) is 5.91 Å². The highest BCUT2D eigenvalue weighted by atomic mass is 16.5. The Morgan fingerprint density at radius 2 is 1.96 bits per heavy atom. The molecule has 1 unspecified atom stereocenters. The standard InChI is InChI=1S/C20H32N2O3/c1-5-6-8-16(2)21-13-14-22-20(23)10-7-9-17-11-12-18(24-3)19(15-17)25-4/h6,8,11-12,15-16,21H,5,7,9-10,13-14H2,1-4H3,(H,22,23)/b8-6+. The van der Waals surface area contributed by atoms with Gasteiger partial charge in [-0.25, -0.2) is 0 Å². The highest BCUT2D eigenvalue weighted by molar-refractivity contribution is 5.75. The van der Waals surface area contributed by atoms with Crippen LogP contribution in [-0.4, -0.2) is 39.3 Å². The lowest BCUT2D eigenvalue weighted by Gasteiger charge is -2.11. The molecular formula is C20H32N2O3. The predicted octanol–water partition coefficient (Wildman–Crippen LogP) is 3.09. The average molecular weight is 348 g/mol. The maximum atomic E-state index is 11.9. The van der Waals surface area contributed by atoms with E-state index in [0.29, 0.717) is 19.0 Å². The van der Waals surface area contributed by atoms with Crippen LogP contribution in [0, 0.1) is 0 Å². The molecule has 1 aromatic rings. The summed E-state index contributed by atoms with van der Waals surface area (Å²) in [6.07, 6.45) is 7.51. The maximum Gasteiger partial charge on any atom is 0.220 e. The fourth-order valence-electron chi connectivity index (χ4n) is 2.49. The molecule has 1 amide bonds. The van der Waals surface area contributed by atoms with Crippen molar-refractivity contribution in [2.75, 3.05) is 27.3 Å². The zero-order valence-corrected chi connectivity index (χ0v) is 15.9. The molecule has 0 fully saturated rings. The van der Waals surface area contributed by atoms with Gasteiger partial charge in [0.05, 0.1) is 14.2 Å². The average Bonchev–Trinajstić information content (AvgIpc) is 2.63. The van der Waals surface area contributed by atoms with Crippen LogP contribution in [0.15, 0.2) is 30.4 Å². The van der Waals surface area contributed by atoms with E-state index in [1.54, 1.807) is 14.2 Å². The van der Waals surface area contributed by atoms with E-state index in [-0.39, 0.29) is 5.91 Å². The van der Waals surface area contributed by atoms with Crippen molar-refractivity contribution >= 4 is 5.91 Å². The number of nitrogens with one attached hydrogen (secondary N) is 2. The van der Waals surface area contributed by atoms with Gasteiger partial charge >= 0.3 is 0 Å². The lowest BCUT2D eigenvalue weighted by Crippen LogP contribution is -2.35. The first kappa shape index (κ1) is 21.0. The van der Waals surface area contributed by atoms with Gasteiger partial charge in [0.25, 0.3) is 0 Å². The van der Waals surface area contributed by atoms with Crippen LogP contribution in [-0.2, 0) is 11.2 Å². The molecule has 140 valence electrons. The van der Waals surface area contributed by atoms with Gasteiger partial charge in [-0.15, -0.1) is 0 Å². The van der Waals surface area contributed by atoms with E-state index in [1.165, 1.54) is 0 Å². The number of ether oxygens (including phenoxy) is 2. The molecule has 0 aliphatic rings. The molecule has 2 N–H and O–H groups in total. The first-order valence-corrected chi connectivity index (χ1v) is 8.98. The van der Waals surface area contributed by atoms with Gasteiger partial charge in [-0.2, -0.15) is 0 Å². The van der Waals surface area contributed by atoms with Gasteiger partial charge in [-0.1, -0.05) is 25.1 Å². The van der Waals surface area contributed by atoms with E-state index in [4.69, 9.17) is 9.47 Å². The van der Waals surface area contributed by atoms with Crippen molar-refractivity contribution in [1.29, 1.82) is 0 Å². The molecule has 5 nitrogen and oxygen atoms in total. The number of benzene rings is 1. The minimum atomic E-state index is 0.0963. The second-order valence-electron chi connectivity index (χ2n) is 5.97. The van der Waals surface area contributed by atoms with Gasteiger partial charge in [-0.3, -0.25) is 4.79 Å². The van der Waals surface area contributed by atoms with Crippen LogP contribution in [0.25, 0.3) is 0 Å². The normalized spacial score (nSPS) is 12.2. The minimum absolute atomic E-state index is 0.0963. The molecule has 1 aromatic carbocycles. The molecule has 5 heteroatoms. The molecular weight excluding hydrogens is 316 g/mol. The predicted molar refractivity (Wildman–Crippen MR) is 102 cm³/mol. The largest absolute Gasteiger partial charge is 0.493 e. The summed E-state index contributed by atoms with van der Waals surface area (Å²) in [6.45, 7) is 5.65. The van der Waals surface area contributed by atoms with Crippen LogP contribution in [0.5, 0.6) is 11.5 Å². The number of aryl methyl sites for hydroxylation is 1. The number of carbonyl (C=O) groups excluding carboxylic acids is 1. The molecule has 0 heterocycles. The van der Waals surface area contributed by atoms with Crippen LogP contribution < -0.4 is 20.1 Å². The number of methoxy groups -OCH3 is 2. The molecule has 0 radical (unpaired) electrons. The van der Waals surface area contributed by atoms with Crippen molar-refractivity contribution in [2.45, 2.75) is 45.6 Å². The summed E-state index contributed by atoms with van der Waals surface area (Å²) in [5.41, 5.74) is 1.14. The van der Waals surface area contributed by atoms with Gasteiger partial charge in [0.15, 0.2) is 11.5 Å². The molecule has 0 saturated heterocycles. The summed E-state index contributed by atoms with van der Waals surface area (Å²) >= 11 is 0. The van der Waals surface area contributed by atoms with E-state index in [2.05, 4.69) is 36.6 Å². The van der Waals surface area contributed by atoms with Crippen molar-refractivity contribution < 1.29 is 14.3 Å². The first-order valence-electron chi connectivity index (χ1n) is 8.98. The van der Waals surface area contributed by atoms with Crippen LogP contribution >= 0.6 is 0 Å². The number of allylic oxidation sites excluding steroid dienone is 1. The Hall–Kier alpha value is -2.01. The lowest BCUT2D eigenvalue weighted by molar-refractivity contribution is -0.121. The molecule has 1 atom stereocenters. The summed E-state index contributed by atoms with van der Waals surface area (Å²) in [7, 11) is 3.25. The fraction of sp³-hybridized carbons (Fsp3) is 0.550. The van der Waals surface area contributed by atoms with Crippen molar-refractivity contribution in [2.24, 2.45) is 0 Å². The molecule has 0 spiro atoms. The van der Waals surface area contributed by atoms with Crippen molar-refractivity contribution in [3.05, 3.63) is 35.9 Å². The summed E-state index contributed by atoms with van der Waals surface area (Å²) < 4.78 is 10.5. The first-order chi connectivity index (χ1) is 12.1. The zero-order valence-electron chi connectivity index (χ0n) is 15.9. The highest BCUT2D eigenvalue weighted by Crippen LogP contribution is 2.28. The molecule has 0 bridgehead atoms. The molecule has 0 aliphatic heterocycles. The van der Waals surface area contributed by atoms with Gasteiger partial charge in [0.1, 0.15) is 0 Å². The van der Waals surface area contributed by atoms with Crippen LogP contribution in [0.3, 0.4) is 0 Å². The second kappa shape index (κ2) is 12.4. The number of carbonyl (C=O) groups is 1. The van der Waals surface area contributed by atoms with Crippen molar-refractivity contribution in [3.8, 4) is 11.5 Å². The third kappa shape index (κ3) is 8.59. The topological polar surface area (TPSA) is 59.6 Å². The Labute approximate surface area is 151 Å². The summed E-state index contributed by atoms with van der Waals surface area (Å²) in [4.78, 5) is 11.9. The monoisotopic (exact) mass is 348 g/mol. The van der Waals surface area contributed by atoms with E-state index in [9.17, 15) is 4.79 Å². The number of amides is 1. The van der Waals surface area contributed by atoms with Gasteiger partial charge in [0, 0.05) is 25.6 Å². The molecule has 0 saturated carbocycles. The quantitative estimate of drug-likeness (QED) is 0.450. The summed E-state index contributed by atoms with van der Waals surface area (Å²) in [5, 5.41) is 6.30. The maximum absolute atomic E-state index is 11.9. The Morgan fingerprint density at radius 1 is 1.20 bits per heavy atom. The highest BCUT2D eigenvalue weighted by Gasteiger charge is 2.06. The van der Waals surface area contributed by atoms with E-state index >= 15 is 0 Å². The molecule has 1 rings (SSSR count). The molecule has 0 aromatic heterocycles. The van der Waals surface area contributed by atoms with E-state index in [0.717, 1.165) is 42.9 Å². The minimum Gasteiger partial charge on any atom is -0.493 e. The Morgan fingerprint density at radius 3 is 2.64 bits per heavy atom. The zero-order chi connectivity index (χ0) is 18.5. The van der Waals surface area contributed by atoms with E-state index in [1.807, 2.05) is 18.2 Å². The third-order valence-electron chi connectivity index (χ3n) is 3.89. The molecule has 25 heavy (non-hydrogen) atoms.